The fourth-order valence-electron chi connectivity index (χ4n) is 2.62. The topological polar surface area (TPSA) is 49.6 Å². The van der Waals surface area contributed by atoms with Crippen molar-refractivity contribution in [2.75, 3.05) is 20.6 Å². The zero-order valence-corrected chi connectivity index (χ0v) is 17.5. The van der Waals surface area contributed by atoms with Crippen LogP contribution in [0, 0.1) is 5.82 Å². The lowest BCUT2D eigenvalue weighted by Gasteiger charge is -2.22. The van der Waals surface area contributed by atoms with Gasteiger partial charge in [0.15, 0.2) is 5.96 Å². The fraction of sp³-hybridized carbons (Fsp3) is 0.368. The molecule has 2 aromatic rings. The molecule has 0 saturated heterocycles. The molecule has 0 aliphatic heterocycles. The molecule has 0 saturated carbocycles. The number of nitrogens with zero attached hydrogens (tertiary/aromatic N) is 3. The summed E-state index contributed by atoms with van der Waals surface area (Å²) in [5.41, 5.74) is 0.926. The first kappa shape index (κ1) is 22.1. The van der Waals surface area contributed by atoms with Crippen LogP contribution in [0.25, 0.3) is 0 Å². The lowest BCUT2D eigenvalue weighted by molar-refractivity contribution is 0.471. The van der Waals surface area contributed by atoms with E-state index in [2.05, 4.69) is 10.3 Å². The molecule has 0 unspecified atom stereocenters. The number of aryl methyl sites for hydroxylation is 1. The molecule has 0 spiro atoms. The molecular weight excluding hydrogens is 446 g/mol. The van der Waals surface area contributed by atoms with E-state index in [0.717, 1.165) is 30.9 Å². The molecule has 0 aliphatic carbocycles. The molecular formula is C19H26FIN4O. The van der Waals surface area contributed by atoms with Crippen LogP contribution >= 0.6 is 24.0 Å². The molecule has 0 aliphatic rings. The number of hydrogen-bond donors (Lipinski definition) is 1. The predicted molar refractivity (Wildman–Crippen MR) is 115 cm³/mol. The maximum atomic E-state index is 13.3. The Labute approximate surface area is 171 Å². The van der Waals surface area contributed by atoms with E-state index in [1.54, 1.807) is 29.8 Å². The summed E-state index contributed by atoms with van der Waals surface area (Å²) in [5.74, 6) is 0.533. The fourth-order valence-corrected chi connectivity index (χ4v) is 2.62. The van der Waals surface area contributed by atoms with Crippen LogP contribution in [-0.2, 0) is 13.1 Å². The van der Waals surface area contributed by atoms with E-state index in [9.17, 15) is 9.18 Å². The number of nitrogens with one attached hydrogen (secondary N) is 1. The highest BCUT2D eigenvalue weighted by Crippen LogP contribution is 2.06. The Bertz CT molecular complexity index is 763. The summed E-state index contributed by atoms with van der Waals surface area (Å²) in [5, 5.41) is 3.30. The van der Waals surface area contributed by atoms with Crippen LogP contribution in [-0.4, -0.2) is 36.1 Å². The van der Waals surface area contributed by atoms with Crippen molar-refractivity contribution in [3.63, 3.8) is 0 Å². The Morgan fingerprint density at radius 1 is 1.23 bits per heavy atom. The minimum Gasteiger partial charge on any atom is -0.356 e. The molecule has 0 radical (unpaired) electrons. The third kappa shape index (κ3) is 7.15. The van der Waals surface area contributed by atoms with Gasteiger partial charge >= 0.3 is 0 Å². The molecule has 5 nitrogen and oxygen atoms in total. The minimum atomic E-state index is -0.231. The lowest BCUT2D eigenvalue weighted by atomic mass is 10.2. The third-order valence-electron chi connectivity index (χ3n) is 3.89. The average molecular weight is 472 g/mol. The molecule has 26 heavy (non-hydrogen) atoms. The highest BCUT2D eigenvalue weighted by molar-refractivity contribution is 14.0. The summed E-state index contributed by atoms with van der Waals surface area (Å²) >= 11 is 0. The Morgan fingerprint density at radius 2 is 2.04 bits per heavy atom. The van der Waals surface area contributed by atoms with Crippen LogP contribution in [0.15, 0.2) is 58.4 Å². The Hall–Kier alpha value is -1.90. The van der Waals surface area contributed by atoms with Gasteiger partial charge in [0.1, 0.15) is 5.82 Å². The summed E-state index contributed by atoms with van der Waals surface area (Å²) in [6.45, 7) is 2.05. The van der Waals surface area contributed by atoms with Crippen LogP contribution in [0.3, 0.4) is 0 Å². The second-order valence-corrected chi connectivity index (χ2v) is 5.90. The monoisotopic (exact) mass is 472 g/mol. The summed E-state index contributed by atoms with van der Waals surface area (Å²) in [6, 6.07) is 11.8. The summed E-state index contributed by atoms with van der Waals surface area (Å²) in [6.07, 6.45) is 3.64. The van der Waals surface area contributed by atoms with Gasteiger partial charge in [0.2, 0.25) is 5.56 Å². The maximum absolute atomic E-state index is 13.3. The number of aromatic nitrogens is 1. The van der Waals surface area contributed by atoms with Crippen molar-refractivity contribution in [1.82, 2.24) is 14.8 Å². The van der Waals surface area contributed by atoms with Crippen molar-refractivity contribution in [3.05, 3.63) is 70.4 Å². The van der Waals surface area contributed by atoms with Gasteiger partial charge < -0.3 is 14.8 Å². The Balaban J connectivity index is 0.00000338. The highest BCUT2D eigenvalue weighted by Gasteiger charge is 2.06. The molecule has 0 bridgehead atoms. The van der Waals surface area contributed by atoms with Gasteiger partial charge in [0, 0.05) is 46.0 Å². The molecule has 1 heterocycles. The Kier molecular flexibility index (Phi) is 9.93. The standard InChI is InChI=1S/C19H25FN4O.HI/c1-21-19(23(2)15-16-8-7-9-17(20)14-16)22-11-4-6-13-24-12-5-3-10-18(24)25;/h3,5,7-10,12,14H,4,6,11,13,15H2,1-2H3,(H,21,22);1H. The van der Waals surface area contributed by atoms with Crippen LogP contribution in [0.2, 0.25) is 0 Å². The van der Waals surface area contributed by atoms with Gasteiger partial charge in [-0.3, -0.25) is 9.79 Å². The van der Waals surface area contributed by atoms with Crippen LogP contribution < -0.4 is 10.9 Å². The maximum Gasteiger partial charge on any atom is 0.250 e. The predicted octanol–water partition coefficient (Wildman–Crippen LogP) is 3.09. The van der Waals surface area contributed by atoms with Gasteiger partial charge in [-0.15, -0.1) is 24.0 Å². The van der Waals surface area contributed by atoms with E-state index in [1.807, 2.05) is 30.3 Å². The number of rotatable bonds is 7. The van der Waals surface area contributed by atoms with Gasteiger partial charge in [-0.25, -0.2) is 4.39 Å². The van der Waals surface area contributed by atoms with Crippen molar-refractivity contribution in [2.24, 2.45) is 4.99 Å². The minimum absolute atomic E-state index is 0. The number of guanidine groups is 1. The van der Waals surface area contributed by atoms with Gasteiger partial charge in [-0.2, -0.15) is 0 Å². The third-order valence-corrected chi connectivity index (χ3v) is 3.89. The lowest BCUT2D eigenvalue weighted by Crippen LogP contribution is -2.39. The number of halogens is 2. The van der Waals surface area contributed by atoms with Crippen LogP contribution in [0.4, 0.5) is 4.39 Å². The highest BCUT2D eigenvalue weighted by atomic mass is 127. The SMILES string of the molecule is CN=C(NCCCCn1ccccc1=O)N(C)Cc1cccc(F)c1.I. The van der Waals surface area contributed by atoms with Crippen molar-refractivity contribution >= 4 is 29.9 Å². The molecule has 142 valence electrons. The zero-order chi connectivity index (χ0) is 18.1. The molecule has 0 atom stereocenters. The largest absolute Gasteiger partial charge is 0.356 e. The zero-order valence-electron chi connectivity index (χ0n) is 15.2. The van der Waals surface area contributed by atoms with Crippen molar-refractivity contribution in [1.29, 1.82) is 0 Å². The van der Waals surface area contributed by atoms with E-state index in [1.165, 1.54) is 12.1 Å². The van der Waals surface area contributed by atoms with Crippen molar-refractivity contribution in [3.8, 4) is 0 Å². The van der Waals surface area contributed by atoms with E-state index >= 15 is 0 Å². The molecule has 2 rings (SSSR count). The average Bonchev–Trinajstić information content (AvgIpc) is 2.59. The first-order valence-electron chi connectivity index (χ1n) is 8.42. The molecule has 0 amide bonds. The molecule has 1 aromatic heterocycles. The van der Waals surface area contributed by atoms with Crippen LogP contribution in [0.1, 0.15) is 18.4 Å². The Morgan fingerprint density at radius 3 is 2.73 bits per heavy atom. The first-order chi connectivity index (χ1) is 12.1. The summed E-state index contributed by atoms with van der Waals surface area (Å²) in [4.78, 5) is 17.8. The normalized spacial score (nSPS) is 11.0. The quantitative estimate of drug-likeness (QED) is 0.292. The number of hydrogen-bond acceptors (Lipinski definition) is 2. The number of aliphatic imine (C=N–C) groups is 1. The molecule has 7 heteroatoms. The van der Waals surface area contributed by atoms with E-state index in [4.69, 9.17) is 0 Å². The number of benzene rings is 1. The van der Waals surface area contributed by atoms with Gasteiger partial charge in [0.05, 0.1) is 0 Å². The second-order valence-electron chi connectivity index (χ2n) is 5.90. The van der Waals surface area contributed by atoms with Crippen molar-refractivity contribution < 1.29 is 4.39 Å². The van der Waals surface area contributed by atoms with Gasteiger partial charge in [-0.1, -0.05) is 18.2 Å². The summed E-state index contributed by atoms with van der Waals surface area (Å²) in [7, 11) is 3.65. The smallest absolute Gasteiger partial charge is 0.250 e. The first-order valence-corrected chi connectivity index (χ1v) is 8.42. The molecule has 1 aromatic carbocycles. The molecule has 1 N–H and O–H groups in total. The van der Waals surface area contributed by atoms with E-state index in [0.29, 0.717) is 13.1 Å². The van der Waals surface area contributed by atoms with Gasteiger partial charge in [0.25, 0.3) is 0 Å². The summed E-state index contributed by atoms with van der Waals surface area (Å²) < 4.78 is 15.0. The number of unbranched alkanes of at least 4 members (excludes halogenated alkanes) is 1. The number of pyridine rings is 1. The van der Waals surface area contributed by atoms with E-state index in [-0.39, 0.29) is 35.4 Å². The van der Waals surface area contributed by atoms with Gasteiger partial charge in [-0.05, 0) is 36.6 Å². The molecule has 0 fully saturated rings. The second kappa shape index (κ2) is 11.7. The van der Waals surface area contributed by atoms with E-state index < -0.39 is 0 Å². The van der Waals surface area contributed by atoms with Crippen molar-refractivity contribution in [2.45, 2.75) is 25.9 Å². The van der Waals surface area contributed by atoms with Crippen LogP contribution in [0.5, 0.6) is 0 Å².